The van der Waals surface area contributed by atoms with Crippen LogP contribution in [0.1, 0.15) is 5.69 Å². The molecule has 3 aromatic rings. The van der Waals surface area contributed by atoms with Gasteiger partial charge in [0.2, 0.25) is 0 Å². The van der Waals surface area contributed by atoms with Crippen molar-refractivity contribution in [2.75, 3.05) is 0 Å². The molecule has 0 saturated carbocycles. The molecule has 3 rings (SSSR count). The van der Waals surface area contributed by atoms with Gasteiger partial charge in [-0.05, 0) is 37.3 Å². The summed E-state index contributed by atoms with van der Waals surface area (Å²) in [4.78, 5) is 12.5. The summed E-state index contributed by atoms with van der Waals surface area (Å²) in [6, 6.07) is 16.3. The Kier molecular flexibility index (Phi) is 3.89. The maximum atomic E-state index is 12.5. The molecule has 0 aliphatic rings. The fourth-order valence-corrected chi connectivity index (χ4v) is 2.24. The molecule has 0 spiro atoms. The molecule has 6 heteroatoms. The van der Waals surface area contributed by atoms with Crippen LogP contribution in [0.4, 0.5) is 11.4 Å². The summed E-state index contributed by atoms with van der Waals surface area (Å²) >= 11 is 5.96. The van der Waals surface area contributed by atoms with Gasteiger partial charge in [-0.2, -0.15) is 5.11 Å². The van der Waals surface area contributed by atoms with Gasteiger partial charge in [0.15, 0.2) is 5.69 Å². The maximum absolute atomic E-state index is 12.5. The molecule has 0 unspecified atom stereocenters. The van der Waals surface area contributed by atoms with Crippen molar-refractivity contribution in [3.63, 3.8) is 0 Å². The monoisotopic (exact) mass is 312 g/mol. The summed E-state index contributed by atoms with van der Waals surface area (Å²) in [5.41, 5.74) is 2.01. The zero-order valence-corrected chi connectivity index (χ0v) is 12.6. The van der Waals surface area contributed by atoms with Crippen molar-refractivity contribution in [3.8, 4) is 5.69 Å². The highest BCUT2D eigenvalue weighted by Crippen LogP contribution is 2.19. The van der Waals surface area contributed by atoms with Crippen LogP contribution in [0.5, 0.6) is 0 Å². The van der Waals surface area contributed by atoms with Crippen LogP contribution in [0.15, 0.2) is 69.6 Å². The van der Waals surface area contributed by atoms with Crippen molar-refractivity contribution in [1.82, 2.24) is 9.78 Å². The molecule has 0 fully saturated rings. The van der Waals surface area contributed by atoms with Crippen molar-refractivity contribution in [1.29, 1.82) is 0 Å². The van der Waals surface area contributed by atoms with E-state index in [-0.39, 0.29) is 11.2 Å². The molecule has 0 atom stereocenters. The zero-order chi connectivity index (χ0) is 15.5. The van der Waals surface area contributed by atoms with Crippen LogP contribution < -0.4 is 5.56 Å². The fraction of sp³-hybridized carbons (Fsp3) is 0.0625. The Bertz CT molecular complexity index is 881. The molecule has 1 aromatic heterocycles. The van der Waals surface area contributed by atoms with E-state index in [0.717, 1.165) is 0 Å². The lowest BCUT2D eigenvalue weighted by Crippen LogP contribution is -2.13. The SMILES string of the molecule is Cc1[nH]n(-c2cccc(Cl)c2)c(=O)c1N=Nc1ccccc1. The minimum Gasteiger partial charge on any atom is -0.293 e. The molecular weight excluding hydrogens is 300 g/mol. The van der Waals surface area contributed by atoms with Crippen molar-refractivity contribution in [3.05, 3.63) is 75.7 Å². The summed E-state index contributed by atoms with van der Waals surface area (Å²) < 4.78 is 1.40. The van der Waals surface area contributed by atoms with Crippen molar-refractivity contribution in [2.45, 2.75) is 6.92 Å². The van der Waals surface area contributed by atoms with Gasteiger partial charge in [0.05, 0.1) is 17.1 Å². The Hall–Kier alpha value is -2.66. The van der Waals surface area contributed by atoms with E-state index in [0.29, 0.717) is 22.1 Å². The summed E-state index contributed by atoms with van der Waals surface area (Å²) in [5.74, 6) is 0. The van der Waals surface area contributed by atoms with Crippen LogP contribution in [-0.4, -0.2) is 9.78 Å². The van der Waals surface area contributed by atoms with E-state index in [1.54, 1.807) is 31.2 Å². The number of benzene rings is 2. The molecule has 1 N–H and O–H groups in total. The minimum atomic E-state index is -0.264. The lowest BCUT2D eigenvalue weighted by atomic mass is 10.3. The molecule has 0 aliphatic carbocycles. The van der Waals surface area contributed by atoms with E-state index < -0.39 is 0 Å². The summed E-state index contributed by atoms with van der Waals surface area (Å²) in [5, 5.41) is 11.7. The standard InChI is InChI=1S/C16H13ClN4O/c1-11-15(19-18-13-7-3-2-4-8-13)16(22)21(20-11)14-9-5-6-12(17)10-14/h2-10,20H,1H3. The van der Waals surface area contributed by atoms with Crippen molar-refractivity contribution < 1.29 is 0 Å². The quantitative estimate of drug-likeness (QED) is 0.709. The topological polar surface area (TPSA) is 62.5 Å². The Morgan fingerprint density at radius 2 is 1.82 bits per heavy atom. The third-order valence-corrected chi connectivity index (χ3v) is 3.36. The molecule has 0 aliphatic heterocycles. The van der Waals surface area contributed by atoms with Gasteiger partial charge in [0.25, 0.3) is 5.56 Å². The molecule has 0 bridgehead atoms. The number of halogens is 1. The number of hydrogen-bond donors (Lipinski definition) is 1. The first-order chi connectivity index (χ1) is 10.6. The largest absolute Gasteiger partial charge is 0.299 e. The number of azo groups is 1. The Balaban J connectivity index is 2.01. The number of hydrogen-bond acceptors (Lipinski definition) is 3. The predicted octanol–water partition coefficient (Wildman–Crippen LogP) is 4.54. The second-order valence-electron chi connectivity index (χ2n) is 4.74. The van der Waals surface area contributed by atoms with Gasteiger partial charge < -0.3 is 0 Å². The number of aryl methyl sites for hydroxylation is 1. The van der Waals surface area contributed by atoms with Gasteiger partial charge >= 0.3 is 0 Å². The zero-order valence-electron chi connectivity index (χ0n) is 11.8. The van der Waals surface area contributed by atoms with Gasteiger partial charge in [0.1, 0.15) is 0 Å². The summed E-state index contributed by atoms with van der Waals surface area (Å²) in [6.07, 6.45) is 0. The van der Waals surface area contributed by atoms with Gasteiger partial charge in [-0.15, -0.1) is 5.11 Å². The molecular formula is C16H13ClN4O. The van der Waals surface area contributed by atoms with Crippen molar-refractivity contribution >= 4 is 23.0 Å². The molecule has 5 nitrogen and oxygen atoms in total. The number of nitrogens with one attached hydrogen (secondary N) is 1. The Morgan fingerprint density at radius 3 is 2.55 bits per heavy atom. The van der Waals surface area contributed by atoms with E-state index in [4.69, 9.17) is 11.6 Å². The number of nitrogens with zero attached hydrogens (tertiary/aromatic N) is 3. The van der Waals surface area contributed by atoms with E-state index in [9.17, 15) is 4.79 Å². The van der Waals surface area contributed by atoms with Crippen LogP contribution >= 0.6 is 11.6 Å². The van der Waals surface area contributed by atoms with Gasteiger partial charge in [0, 0.05) is 5.02 Å². The molecule has 2 aromatic carbocycles. The third kappa shape index (κ3) is 2.84. The third-order valence-electron chi connectivity index (χ3n) is 3.13. The lowest BCUT2D eigenvalue weighted by Gasteiger charge is -2.00. The van der Waals surface area contributed by atoms with Crippen LogP contribution in [0.25, 0.3) is 5.69 Å². The van der Waals surface area contributed by atoms with E-state index in [1.165, 1.54) is 4.68 Å². The first-order valence-corrected chi connectivity index (χ1v) is 7.07. The highest BCUT2D eigenvalue weighted by atomic mass is 35.5. The lowest BCUT2D eigenvalue weighted by molar-refractivity contribution is 0.835. The van der Waals surface area contributed by atoms with Crippen LogP contribution in [0.3, 0.4) is 0 Å². The van der Waals surface area contributed by atoms with Gasteiger partial charge in [-0.25, -0.2) is 4.68 Å². The smallest absolute Gasteiger partial charge is 0.293 e. The highest BCUT2D eigenvalue weighted by molar-refractivity contribution is 6.30. The van der Waals surface area contributed by atoms with Crippen LogP contribution in [-0.2, 0) is 0 Å². The average Bonchev–Trinajstić information content (AvgIpc) is 2.81. The van der Waals surface area contributed by atoms with Crippen LogP contribution in [0.2, 0.25) is 5.02 Å². The molecule has 1 heterocycles. The predicted molar refractivity (Wildman–Crippen MR) is 86.8 cm³/mol. The van der Waals surface area contributed by atoms with Gasteiger partial charge in [-0.1, -0.05) is 35.9 Å². The summed E-state index contributed by atoms with van der Waals surface area (Å²) in [7, 11) is 0. The average molecular weight is 313 g/mol. The first kappa shape index (κ1) is 14.3. The van der Waals surface area contributed by atoms with Crippen molar-refractivity contribution in [2.24, 2.45) is 10.2 Å². The number of aromatic amines is 1. The number of aromatic nitrogens is 2. The second kappa shape index (κ2) is 5.99. The second-order valence-corrected chi connectivity index (χ2v) is 5.18. The Labute approximate surface area is 131 Å². The van der Waals surface area contributed by atoms with E-state index in [1.807, 2.05) is 30.3 Å². The highest BCUT2D eigenvalue weighted by Gasteiger charge is 2.12. The number of H-pyrrole nitrogens is 1. The van der Waals surface area contributed by atoms with E-state index >= 15 is 0 Å². The van der Waals surface area contributed by atoms with Crippen LogP contribution in [0, 0.1) is 6.92 Å². The maximum Gasteiger partial charge on any atom is 0.299 e. The first-order valence-electron chi connectivity index (χ1n) is 6.69. The van der Waals surface area contributed by atoms with Gasteiger partial charge in [-0.3, -0.25) is 9.89 Å². The number of rotatable bonds is 3. The van der Waals surface area contributed by atoms with E-state index in [2.05, 4.69) is 15.3 Å². The minimum absolute atomic E-state index is 0.264. The molecule has 0 saturated heterocycles. The molecule has 22 heavy (non-hydrogen) atoms. The summed E-state index contributed by atoms with van der Waals surface area (Å²) in [6.45, 7) is 1.78. The molecule has 110 valence electrons. The normalized spacial score (nSPS) is 11.2. The fourth-order valence-electron chi connectivity index (χ4n) is 2.05. The molecule has 0 radical (unpaired) electrons. The Morgan fingerprint density at radius 1 is 1.05 bits per heavy atom. The molecule has 0 amide bonds.